The van der Waals surface area contributed by atoms with E-state index in [0.717, 1.165) is 23.7 Å². The highest BCUT2D eigenvalue weighted by Gasteiger charge is 2.22. The van der Waals surface area contributed by atoms with Gasteiger partial charge in [-0.05, 0) is 39.2 Å². The van der Waals surface area contributed by atoms with E-state index in [1.54, 1.807) is 10.9 Å². The van der Waals surface area contributed by atoms with Crippen LogP contribution in [0.1, 0.15) is 37.2 Å². The molecule has 0 aromatic carbocycles. The van der Waals surface area contributed by atoms with E-state index in [-0.39, 0.29) is 5.91 Å². The van der Waals surface area contributed by atoms with Crippen LogP contribution in [0, 0.1) is 5.92 Å². The Labute approximate surface area is 146 Å². The highest BCUT2D eigenvalue weighted by atomic mass is 32.1. The van der Waals surface area contributed by atoms with Gasteiger partial charge in [0.15, 0.2) is 0 Å². The Balaban J connectivity index is 1.55. The van der Waals surface area contributed by atoms with Crippen LogP contribution in [0.3, 0.4) is 0 Å². The van der Waals surface area contributed by atoms with E-state index in [0.29, 0.717) is 17.7 Å². The number of nitrogens with one attached hydrogen (secondary N) is 1. The van der Waals surface area contributed by atoms with Crippen LogP contribution in [0.5, 0.6) is 0 Å². The summed E-state index contributed by atoms with van der Waals surface area (Å²) in [4.78, 5) is 19.3. The average Bonchev–Trinajstić information content (AvgIpc) is 3.21. The van der Waals surface area contributed by atoms with Crippen molar-refractivity contribution in [1.29, 1.82) is 0 Å². The third kappa shape index (κ3) is 4.02. The van der Waals surface area contributed by atoms with Gasteiger partial charge >= 0.3 is 0 Å². The maximum absolute atomic E-state index is 12.4. The zero-order valence-electron chi connectivity index (χ0n) is 14.5. The molecule has 24 heavy (non-hydrogen) atoms. The molecule has 6 nitrogen and oxygen atoms in total. The molecule has 0 bridgehead atoms. The molecule has 3 heterocycles. The molecule has 0 spiro atoms. The van der Waals surface area contributed by atoms with Crippen molar-refractivity contribution in [2.75, 3.05) is 19.6 Å². The van der Waals surface area contributed by atoms with Gasteiger partial charge in [-0.1, -0.05) is 0 Å². The summed E-state index contributed by atoms with van der Waals surface area (Å²) in [6.45, 7) is 7.42. The van der Waals surface area contributed by atoms with Gasteiger partial charge in [-0.25, -0.2) is 4.98 Å². The molecule has 1 fully saturated rings. The van der Waals surface area contributed by atoms with Crippen molar-refractivity contribution in [2.45, 2.75) is 32.7 Å². The Kier molecular flexibility index (Phi) is 5.30. The zero-order chi connectivity index (χ0) is 17.1. The molecule has 1 amide bonds. The van der Waals surface area contributed by atoms with Crippen molar-refractivity contribution >= 4 is 17.2 Å². The lowest BCUT2D eigenvalue weighted by Crippen LogP contribution is -2.43. The van der Waals surface area contributed by atoms with Crippen molar-refractivity contribution in [3.8, 4) is 10.6 Å². The maximum Gasteiger partial charge on any atom is 0.270 e. The minimum Gasteiger partial charge on any atom is -0.350 e. The maximum atomic E-state index is 12.4. The quantitative estimate of drug-likeness (QED) is 0.902. The molecule has 1 aliphatic rings. The number of rotatable bonds is 5. The lowest BCUT2D eigenvalue weighted by Gasteiger charge is -2.35. The van der Waals surface area contributed by atoms with E-state index in [1.807, 2.05) is 18.6 Å². The van der Waals surface area contributed by atoms with Gasteiger partial charge in [0.25, 0.3) is 5.91 Å². The molecule has 0 radical (unpaired) electrons. The van der Waals surface area contributed by atoms with Crippen LogP contribution in [0.2, 0.25) is 0 Å². The number of aryl methyl sites for hydroxylation is 1. The number of carbonyl (C=O) groups excluding carboxylic acids is 1. The molecular formula is C17H25N5OS. The molecule has 130 valence electrons. The molecule has 0 saturated carbocycles. The van der Waals surface area contributed by atoms with Crippen LogP contribution in [-0.2, 0) is 7.05 Å². The average molecular weight is 347 g/mol. The second-order valence-corrected chi connectivity index (χ2v) is 7.61. The van der Waals surface area contributed by atoms with Crippen molar-refractivity contribution in [1.82, 2.24) is 25.0 Å². The van der Waals surface area contributed by atoms with Gasteiger partial charge in [0.1, 0.15) is 10.7 Å². The zero-order valence-corrected chi connectivity index (χ0v) is 15.3. The Hall–Kier alpha value is -1.73. The Morgan fingerprint density at radius 1 is 1.50 bits per heavy atom. The highest BCUT2D eigenvalue weighted by Crippen LogP contribution is 2.23. The molecule has 0 aliphatic carbocycles. The van der Waals surface area contributed by atoms with E-state index in [2.05, 4.69) is 34.1 Å². The molecule has 2 aromatic heterocycles. The molecule has 1 N–H and O–H groups in total. The largest absolute Gasteiger partial charge is 0.350 e. The number of aromatic nitrogens is 3. The van der Waals surface area contributed by atoms with Crippen LogP contribution in [-0.4, -0.2) is 51.2 Å². The number of likely N-dealkylation sites (tertiary alicyclic amines) is 1. The smallest absolute Gasteiger partial charge is 0.270 e. The fraction of sp³-hybridized carbons (Fsp3) is 0.588. The fourth-order valence-corrected chi connectivity index (χ4v) is 3.88. The van der Waals surface area contributed by atoms with E-state index in [9.17, 15) is 4.79 Å². The third-order valence-corrected chi connectivity index (χ3v) is 5.41. The summed E-state index contributed by atoms with van der Waals surface area (Å²) in [6, 6.07) is 0.573. The Morgan fingerprint density at radius 2 is 2.33 bits per heavy atom. The summed E-state index contributed by atoms with van der Waals surface area (Å²) in [5, 5.41) is 9.85. The number of piperidine rings is 1. The van der Waals surface area contributed by atoms with E-state index in [1.165, 1.54) is 30.7 Å². The van der Waals surface area contributed by atoms with Crippen LogP contribution in [0.4, 0.5) is 0 Å². The van der Waals surface area contributed by atoms with Crippen molar-refractivity contribution in [3.05, 3.63) is 23.5 Å². The molecule has 1 unspecified atom stereocenters. The molecule has 1 atom stereocenters. The second-order valence-electron chi connectivity index (χ2n) is 6.75. The SMILES string of the molecule is CC(C)N1CCCC(CNC(=O)c2csc(-c3cnn(C)c3)n2)C1. The summed E-state index contributed by atoms with van der Waals surface area (Å²) in [6.07, 6.45) is 6.06. The summed E-state index contributed by atoms with van der Waals surface area (Å²) in [7, 11) is 1.87. The topological polar surface area (TPSA) is 63.1 Å². The summed E-state index contributed by atoms with van der Waals surface area (Å²) >= 11 is 1.48. The first-order valence-electron chi connectivity index (χ1n) is 8.49. The molecule has 1 aliphatic heterocycles. The standard InChI is InChI=1S/C17H25N5OS/c1-12(2)22-6-4-5-13(9-22)7-18-16(23)15-11-24-17(20-15)14-8-19-21(3)10-14/h8,10-13H,4-7,9H2,1-3H3,(H,18,23). The fourth-order valence-electron chi connectivity index (χ4n) is 3.10. The van der Waals surface area contributed by atoms with Crippen molar-refractivity contribution in [2.24, 2.45) is 13.0 Å². The van der Waals surface area contributed by atoms with Gasteiger partial charge in [0.2, 0.25) is 0 Å². The van der Waals surface area contributed by atoms with E-state index in [4.69, 9.17) is 0 Å². The van der Waals surface area contributed by atoms with Crippen molar-refractivity contribution in [3.63, 3.8) is 0 Å². The van der Waals surface area contributed by atoms with Gasteiger partial charge in [-0.2, -0.15) is 5.10 Å². The summed E-state index contributed by atoms with van der Waals surface area (Å²) < 4.78 is 1.74. The van der Waals surface area contributed by atoms with Gasteiger partial charge in [-0.3, -0.25) is 9.48 Å². The van der Waals surface area contributed by atoms with Gasteiger partial charge in [-0.15, -0.1) is 11.3 Å². The van der Waals surface area contributed by atoms with Crippen LogP contribution in [0.15, 0.2) is 17.8 Å². The first-order valence-corrected chi connectivity index (χ1v) is 9.37. The highest BCUT2D eigenvalue weighted by molar-refractivity contribution is 7.13. The van der Waals surface area contributed by atoms with Gasteiger partial charge < -0.3 is 10.2 Å². The number of nitrogens with zero attached hydrogens (tertiary/aromatic N) is 4. The van der Waals surface area contributed by atoms with Crippen LogP contribution < -0.4 is 5.32 Å². The molecule has 1 saturated heterocycles. The third-order valence-electron chi connectivity index (χ3n) is 4.52. The molecular weight excluding hydrogens is 322 g/mol. The monoisotopic (exact) mass is 347 g/mol. The predicted molar refractivity (Wildman–Crippen MR) is 96.1 cm³/mol. The molecule has 2 aromatic rings. The first kappa shape index (κ1) is 17.1. The van der Waals surface area contributed by atoms with Crippen molar-refractivity contribution < 1.29 is 4.79 Å². The lowest BCUT2D eigenvalue weighted by atomic mass is 9.97. The summed E-state index contributed by atoms with van der Waals surface area (Å²) in [5.41, 5.74) is 1.44. The van der Waals surface area contributed by atoms with Crippen LogP contribution >= 0.6 is 11.3 Å². The number of hydrogen-bond donors (Lipinski definition) is 1. The molecule has 3 rings (SSSR count). The Morgan fingerprint density at radius 3 is 3.04 bits per heavy atom. The lowest BCUT2D eigenvalue weighted by molar-refractivity contribution is 0.0918. The molecule has 7 heteroatoms. The normalized spacial score (nSPS) is 18.9. The number of amides is 1. The van der Waals surface area contributed by atoms with Gasteiger partial charge in [0, 0.05) is 43.3 Å². The first-order chi connectivity index (χ1) is 11.5. The predicted octanol–water partition coefficient (Wildman–Crippen LogP) is 2.39. The van der Waals surface area contributed by atoms with Crippen LogP contribution in [0.25, 0.3) is 10.6 Å². The second kappa shape index (κ2) is 7.44. The van der Waals surface area contributed by atoms with E-state index < -0.39 is 0 Å². The minimum absolute atomic E-state index is 0.0805. The Bertz CT molecular complexity index is 693. The summed E-state index contributed by atoms with van der Waals surface area (Å²) in [5.74, 6) is 0.449. The number of hydrogen-bond acceptors (Lipinski definition) is 5. The minimum atomic E-state index is -0.0805. The van der Waals surface area contributed by atoms with E-state index >= 15 is 0 Å². The number of thiazole rings is 1. The number of carbonyl (C=O) groups is 1. The van der Waals surface area contributed by atoms with Gasteiger partial charge in [0.05, 0.1) is 6.20 Å².